The van der Waals surface area contributed by atoms with E-state index in [1.54, 1.807) is 16.9 Å². The highest BCUT2D eigenvalue weighted by atomic mass is 79.9. The second-order valence-electron chi connectivity index (χ2n) is 5.50. The summed E-state index contributed by atoms with van der Waals surface area (Å²) in [6.45, 7) is 5.42. The summed E-state index contributed by atoms with van der Waals surface area (Å²) >= 11 is 3.37. The molecule has 0 saturated heterocycles. The van der Waals surface area contributed by atoms with E-state index in [4.69, 9.17) is 9.47 Å². The van der Waals surface area contributed by atoms with Gasteiger partial charge >= 0.3 is 0 Å². The Morgan fingerprint density at radius 2 is 2.04 bits per heavy atom. The molecule has 1 aromatic carbocycles. The van der Waals surface area contributed by atoms with Crippen LogP contribution in [0.4, 0.5) is 0 Å². The molecule has 7 heteroatoms. The smallest absolute Gasteiger partial charge is 0.271 e. The van der Waals surface area contributed by atoms with E-state index in [1.807, 2.05) is 38.1 Å². The van der Waals surface area contributed by atoms with Crippen molar-refractivity contribution in [3.05, 3.63) is 46.7 Å². The van der Waals surface area contributed by atoms with Gasteiger partial charge in [0, 0.05) is 23.8 Å². The first-order chi connectivity index (χ1) is 11.5. The first-order valence-electron chi connectivity index (χ1n) is 7.86. The van der Waals surface area contributed by atoms with Gasteiger partial charge in [-0.15, -0.1) is 0 Å². The van der Waals surface area contributed by atoms with Crippen molar-refractivity contribution in [3.8, 4) is 5.75 Å². The molecule has 2 rings (SSSR count). The van der Waals surface area contributed by atoms with E-state index in [9.17, 15) is 4.79 Å². The highest BCUT2D eigenvalue weighted by Gasteiger charge is 2.09. The molecule has 0 saturated carbocycles. The number of hydrogen-bond donors (Lipinski definition) is 1. The van der Waals surface area contributed by atoms with Crippen molar-refractivity contribution in [1.82, 2.24) is 15.1 Å². The minimum absolute atomic E-state index is 0.193. The van der Waals surface area contributed by atoms with E-state index in [0.717, 1.165) is 16.6 Å². The standard InChI is InChI=1S/C17H22BrN3O3/c1-13(2)23-11-3-9-19-17(22)16-8-10-21(20-16)12-24-15-6-4-14(18)5-7-15/h4-8,10,13H,3,9,11-12H2,1-2H3,(H,19,22). The molecule has 0 unspecified atom stereocenters. The van der Waals surface area contributed by atoms with E-state index in [0.29, 0.717) is 18.8 Å². The maximum atomic E-state index is 12.0. The van der Waals surface area contributed by atoms with Gasteiger partial charge in [0.1, 0.15) is 11.4 Å². The van der Waals surface area contributed by atoms with E-state index >= 15 is 0 Å². The molecule has 0 aliphatic heterocycles. The molecule has 0 radical (unpaired) electrons. The summed E-state index contributed by atoms with van der Waals surface area (Å²) in [6, 6.07) is 9.20. The maximum Gasteiger partial charge on any atom is 0.271 e. The molecule has 1 amide bonds. The van der Waals surface area contributed by atoms with Crippen LogP contribution in [0.3, 0.4) is 0 Å². The Balaban J connectivity index is 1.73. The predicted molar refractivity (Wildman–Crippen MR) is 95.0 cm³/mol. The lowest BCUT2D eigenvalue weighted by Crippen LogP contribution is -2.26. The Hall–Kier alpha value is -1.86. The van der Waals surface area contributed by atoms with Crippen molar-refractivity contribution in [2.24, 2.45) is 0 Å². The zero-order chi connectivity index (χ0) is 17.4. The van der Waals surface area contributed by atoms with Crippen LogP contribution < -0.4 is 10.1 Å². The van der Waals surface area contributed by atoms with Crippen LogP contribution >= 0.6 is 15.9 Å². The maximum absolute atomic E-state index is 12.0. The first kappa shape index (κ1) is 18.5. The number of benzene rings is 1. The Labute approximate surface area is 150 Å². The fourth-order valence-electron chi connectivity index (χ4n) is 1.91. The zero-order valence-electron chi connectivity index (χ0n) is 13.9. The van der Waals surface area contributed by atoms with Gasteiger partial charge in [-0.2, -0.15) is 5.10 Å². The summed E-state index contributed by atoms with van der Waals surface area (Å²) in [6.07, 6.45) is 2.70. The third-order valence-electron chi connectivity index (χ3n) is 3.11. The van der Waals surface area contributed by atoms with E-state index in [1.165, 1.54) is 0 Å². The Morgan fingerprint density at radius 1 is 1.29 bits per heavy atom. The van der Waals surface area contributed by atoms with E-state index in [-0.39, 0.29) is 18.7 Å². The molecule has 0 atom stereocenters. The van der Waals surface area contributed by atoms with E-state index in [2.05, 4.69) is 26.3 Å². The Morgan fingerprint density at radius 3 is 2.75 bits per heavy atom. The van der Waals surface area contributed by atoms with Crippen LogP contribution in [-0.2, 0) is 11.5 Å². The van der Waals surface area contributed by atoms with Crippen LogP contribution in [0.15, 0.2) is 41.0 Å². The number of nitrogens with zero attached hydrogens (tertiary/aromatic N) is 2. The van der Waals surface area contributed by atoms with Gasteiger partial charge in [0.2, 0.25) is 0 Å². The lowest BCUT2D eigenvalue weighted by Gasteiger charge is -2.07. The summed E-state index contributed by atoms with van der Waals surface area (Å²) in [4.78, 5) is 12.0. The van der Waals surface area contributed by atoms with Crippen molar-refractivity contribution in [1.29, 1.82) is 0 Å². The number of ether oxygens (including phenoxy) is 2. The van der Waals surface area contributed by atoms with Crippen LogP contribution in [0.5, 0.6) is 5.75 Å². The van der Waals surface area contributed by atoms with Crippen molar-refractivity contribution in [3.63, 3.8) is 0 Å². The van der Waals surface area contributed by atoms with Crippen molar-refractivity contribution < 1.29 is 14.3 Å². The summed E-state index contributed by atoms with van der Waals surface area (Å²) < 4.78 is 13.6. The van der Waals surface area contributed by atoms with Gasteiger partial charge in [0.05, 0.1) is 6.10 Å². The molecule has 1 heterocycles. The Bertz CT molecular complexity index is 641. The quantitative estimate of drug-likeness (QED) is 0.661. The summed E-state index contributed by atoms with van der Waals surface area (Å²) in [5.41, 5.74) is 0.374. The fourth-order valence-corrected chi connectivity index (χ4v) is 2.17. The van der Waals surface area contributed by atoms with Crippen LogP contribution in [0.1, 0.15) is 30.8 Å². The first-order valence-corrected chi connectivity index (χ1v) is 8.65. The molecule has 0 fully saturated rings. The fraction of sp³-hybridized carbons (Fsp3) is 0.412. The van der Waals surface area contributed by atoms with Crippen molar-refractivity contribution in [2.75, 3.05) is 13.2 Å². The molecule has 0 spiro atoms. The number of aromatic nitrogens is 2. The van der Waals surface area contributed by atoms with Gasteiger partial charge in [-0.3, -0.25) is 4.79 Å². The number of amides is 1. The normalized spacial score (nSPS) is 10.8. The lowest BCUT2D eigenvalue weighted by atomic mass is 10.3. The predicted octanol–water partition coefficient (Wildman–Crippen LogP) is 3.23. The second-order valence-corrected chi connectivity index (χ2v) is 6.41. The lowest BCUT2D eigenvalue weighted by molar-refractivity contribution is 0.0756. The molecule has 0 aliphatic carbocycles. The molecule has 6 nitrogen and oxygen atoms in total. The number of halogens is 1. The third kappa shape index (κ3) is 6.33. The van der Waals surface area contributed by atoms with Crippen LogP contribution in [0.25, 0.3) is 0 Å². The monoisotopic (exact) mass is 395 g/mol. The average Bonchev–Trinajstić information content (AvgIpc) is 3.02. The van der Waals surface area contributed by atoms with E-state index < -0.39 is 0 Å². The molecular formula is C17H22BrN3O3. The molecule has 130 valence electrons. The van der Waals surface area contributed by atoms with Crippen molar-refractivity contribution in [2.45, 2.75) is 33.1 Å². The topological polar surface area (TPSA) is 65.4 Å². The summed E-state index contributed by atoms with van der Waals surface area (Å²) in [5.74, 6) is 0.548. The summed E-state index contributed by atoms with van der Waals surface area (Å²) in [5, 5.41) is 7.03. The minimum Gasteiger partial charge on any atom is -0.471 e. The summed E-state index contributed by atoms with van der Waals surface area (Å²) in [7, 11) is 0. The zero-order valence-corrected chi connectivity index (χ0v) is 15.5. The molecule has 0 aliphatic rings. The van der Waals surface area contributed by atoms with Crippen LogP contribution in [0.2, 0.25) is 0 Å². The average molecular weight is 396 g/mol. The molecule has 1 aromatic heterocycles. The van der Waals surface area contributed by atoms with Gasteiger partial charge in [-0.25, -0.2) is 4.68 Å². The third-order valence-corrected chi connectivity index (χ3v) is 3.64. The van der Waals surface area contributed by atoms with Crippen molar-refractivity contribution >= 4 is 21.8 Å². The molecule has 24 heavy (non-hydrogen) atoms. The SMILES string of the molecule is CC(C)OCCCNC(=O)c1ccn(COc2ccc(Br)cc2)n1. The number of hydrogen-bond acceptors (Lipinski definition) is 4. The second kappa shape index (κ2) is 9.44. The molecule has 2 aromatic rings. The highest BCUT2D eigenvalue weighted by molar-refractivity contribution is 9.10. The molecular weight excluding hydrogens is 374 g/mol. The van der Waals surface area contributed by atoms with Crippen LogP contribution in [-0.4, -0.2) is 34.9 Å². The van der Waals surface area contributed by atoms with Crippen LogP contribution in [0, 0.1) is 0 Å². The Kier molecular flexibility index (Phi) is 7.27. The number of carbonyl (C=O) groups excluding carboxylic acids is 1. The molecule has 0 bridgehead atoms. The number of rotatable bonds is 9. The minimum atomic E-state index is -0.193. The van der Waals surface area contributed by atoms with Gasteiger partial charge in [0.15, 0.2) is 6.73 Å². The number of nitrogens with one attached hydrogen (secondary N) is 1. The van der Waals surface area contributed by atoms with Gasteiger partial charge in [0.25, 0.3) is 5.91 Å². The van der Waals surface area contributed by atoms with Gasteiger partial charge in [-0.05, 0) is 50.6 Å². The molecule has 1 N–H and O–H groups in total. The number of carbonyl (C=O) groups is 1. The van der Waals surface area contributed by atoms with Gasteiger partial charge < -0.3 is 14.8 Å². The van der Waals surface area contributed by atoms with Gasteiger partial charge in [-0.1, -0.05) is 15.9 Å². The highest BCUT2D eigenvalue weighted by Crippen LogP contribution is 2.16. The largest absolute Gasteiger partial charge is 0.471 e.